The lowest BCUT2D eigenvalue weighted by molar-refractivity contribution is 0.0601. The molecule has 0 spiro atoms. The fourth-order valence-corrected chi connectivity index (χ4v) is 4.54. The predicted molar refractivity (Wildman–Crippen MR) is 120 cm³/mol. The van der Waals surface area contributed by atoms with E-state index in [-0.39, 0.29) is 5.91 Å². The van der Waals surface area contributed by atoms with Crippen LogP contribution in [0.4, 0.5) is 0 Å². The van der Waals surface area contributed by atoms with Gasteiger partial charge in [-0.1, -0.05) is 29.7 Å². The molecular formula is C25H25N5O2. The second kappa shape index (κ2) is 8.12. The summed E-state index contributed by atoms with van der Waals surface area (Å²) in [7, 11) is 1.55. The Hall–Kier alpha value is -3.66. The Morgan fingerprint density at radius 3 is 2.50 bits per heavy atom. The molecule has 0 unspecified atom stereocenters. The third-order valence-corrected chi connectivity index (χ3v) is 6.77. The number of likely N-dealkylation sites (tertiary alicyclic amines) is 1. The van der Waals surface area contributed by atoms with Crippen LogP contribution in [-0.2, 0) is 0 Å². The van der Waals surface area contributed by atoms with E-state index < -0.39 is 0 Å². The molecule has 7 heteroatoms. The number of nitrogens with zero attached hydrogens (tertiary/aromatic N) is 4. The van der Waals surface area contributed by atoms with Gasteiger partial charge < -0.3 is 9.64 Å². The van der Waals surface area contributed by atoms with E-state index >= 15 is 0 Å². The summed E-state index contributed by atoms with van der Waals surface area (Å²) in [4.78, 5) is 18.3. The zero-order valence-electron chi connectivity index (χ0n) is 18.3. The van der Waals surface area contributed by atoms with Crippen molar-refractivity contribution in [2.75, 3.05) is 20.2 Å². The molecule has 1 saturated carbocycles. The molecule has 32 heavy (non-hydrogen) atoms. The highest BCUT2D eigenvalue weighted by molar-refractivity contribution is 5.97. The smallest absolute Gasteiger partial charge is 0.314 e. The second-order valence-electron chi connectivity index (χ2n) is 8.71. The lowest BCUT2D eigenvalue weighted by Crippen LogP contribution is -2.48. The molecule has 2 heterocycles. The molecule has 162 valence electrons. The molecule has 1 aliphatic heterocycles. The van der Waals surface area contributed by atoms with Crippen LogP contribution < -0.4 is 4.74 Å². The molecule has 1 aromatic heterocycles. The van der Waals surface area contributed by atoms with Gasteiger partial charge in [-0.15, -0.1) is 5.10 Å². The van der Waals surface area contributed by atoms with Crippen molar-refractivity contribution in [3.05, 3.63) is 64.2 Å². The zero-order valence-corrected chi connectivity index (χ0v) is 18.3. The van der Waals surface area contributed by atoms with Crippen molar-refractivity contribution in [2.24, 2.45) is 0 Å². The highest BCUT2D eigenvalue weighted by Crippen LogP contribution is 2.42. The average molecular weight is 428 g/mol. The largest absolute Gasteiger partial charge is 0.467 e. The minimum atomic E-state index is 0.0419. The Labute approximate surface area is 187 Å². The lowest BCUT2D eigenvalue weighted by Gasteiger charge is -2.40. The van der Waals surface area contributed by atoms with Crippen molar-refractivity contribution < 1.29 is 9.53 Å². The first-order valence-electron chi connectivity index (χ1n) is 11.0. The molecule has 0 bridgehead atoms. The van der Waals surface area contributed by atoms with Crippen LogP contribution in [0.15, 0.2) is 36.4 Å². The van der Waals surface area contributed by atoms with Gasteiger partial charge in [0.15, 0.2) is 5.82 Å². The molecule has 3 aromatic rings. The number of carbonyl (C=O) groups is 1. The average Bonchev–Trinajstić information content (AvgIpc) is 3.21. The van der Waals surface area contributed by atoms with E-state index in [2.05, 4.69) is 27.3 Å². The van der Waals surface area contributed by atoms with Crippen molar-refractivity contribution >= 4 is 5.91 Å². The summed E-state index contributed by atoms with van der Waals surface area (Å²) >= 11 is 0. The van der Waals surface area contributed by atoms with Crippen molar-refractivity contribution in [2.45, 2.75) is 38.0 Å². The van der Waals surface area contributed by atoms with E-state index in [4.69, 9.17) is 10.00 Å². The molecule has 0 radical (unpaired) electrons. The van der Waals surface area contributed by atoms with Gasteiger partial charge in [-0.3, -0.25) is 9.78 Å². The lowest BCUT2D eigenvalue weighted by atomic mass is 9.77. The summed E-state index contributed by atoms with van der Waals surface area (Å²) in [6, 6.07) is 14.3. The summed E-state index contributed by atoms with van der Waals surface area (Å²) < 4.78 is 5.17. The molecule has 5 rings (SSSR count). The minimum Gasteiger partial charge on any atom is -0.467 e. The minimum absolute atomic E-state index is 0.0419. The second-order valence-corrected chi connectivity index (χ2v) is 8.71. The van der Waals surface area contributed by atoms with Gasteiger partial charge in [-0.2, -0.15) is 5.26 Å². The molecule has 2 aromatic carbocycles. The number of rotatable bonds is 5. The third-order valence-electron chi connectivity index (χ3n) is 6.77. The molecule has 0 atom stereocenters. The van der Waals surface area contributed by atoms with Crippen LogP contribution in [0.2, 0.25) is 0 Å². The summed E-state index contributed by atoms with van der Waals surface area (Å²) in [5.41, 5.74) is 5.68. The Balaban J connectivity index is 1.40. The first-order chi connectivity index (χ1) is 15.6. The summed E-state index contributed by atoms with van der Waals surface area (Å²) in [5.74, 6) is 1.48. The monoisotopic (exact) mass is 427 g/mol. The van der Waals surface area contributed by atoms with E-state index in [1.165, 1.54) is 17.5 Å². The van der Waals surface area contributed by atoms with Gasteiger partial charge >= 0.3 is 6.01 Å². The summed E-state index contributed by atoms with van der Waals surface area (Å²) in [6.45, 7) is 3.37. The van der Waals surface area contributed by atoms with Gasteiger partial charge in [0.05, 0.1) is 18.7 Å². The number of amides is 1. The van der Waals surface area contributed by atoms with Crippen LogP contribution >= 0.6 is 0 Å². The maximum absolute atomic E-state index is 13.3. The number of hydrogen-bond acceptors (Lipinski definition) is 5. The van der Waals surface area contributed by atoms with Crippen LogP contribution in [0.1, 0.15) is 63.7 Å². The number of aromatic nitrogens is 3. The third kappa shape index (κ3) is 3.52. The summed E-state index contributed by atoms with van der Waals surface area (Å²) in [6.07, 6.45) is 3.54. The maximum atomic E-state index is 13.3. The van der Waals surface area contributed by atoms with Crippen molar-refractivity contribution in [3.8, 4) is 23.5 Å². The van der Waals surface area contributed by atoms with Gasteiger partial charge in [0.1, 0.15) is 0 Å². The van der Waals surface area contributed by atoms with E-state index in [1.54, 1.807) is 7.11 Å². The van der Waals surface area contributed by atoms with E-state index in [0.29, 0.717) is 47.9 Å². The number of hydrogen-bond donors (Lipinski definition) is 1. The molecule has 2 aliphatic rings. The Morgan fingerprint density at radius 1 is 1.16 bits per heavy atom. The molecule has 1 N–H and O–H groups in total. The standard InChI is InChI=1S/C25H25N5O2/c1-15-10-21(18-4-3-5-18)22(23-27-25(32-2)29-28-23)11-20(15)24(31)30-13-19(14-30)17-8-6-16(12-26)7-9-17/h6-11,18-19H,3-5,13-14H2,1-2H3,(H,27,28,29). The number of nitriles is 1. The van der Waals surface area contributed by atoms with Crippen LogP contribution in [0, 0.1) is 18.3 Å². The van der Waals surface area contributed by atoms with Gasteiger partial charge in [-0.05, 0) is 60.6 Å². The summed E-state index contributed by atoms with van der Waals surface area (Å²) in [5, 5.41) is 17.3. The van der Waals surface area contributed by atoms with Gasteiger partial charge in [0.25, 0.3) is 5.91 Å². The van der Waals surface area contributed by atoms with Gasteiger partial charge in [0, 0.05) is 30.1 Å². The highest BCUT2D eigenvalue weighted by atomic mass is 16.5. The number of aryl methyl sites for hydroxylation is 1. The molecule has 1 saturated heterocycles. The number of methoxy groups -OCH3 is 1. The Morgan fingerprint density at radius 2 is 1.91 bits per heavy atom. The number of nitrogens with one attached hydrogen (secondary N) is 1. The quantitative estimate of drug-likeness (QED) is 0.659. The number of aromatic amines is 1. The molecular weight excluding hydrogens is 402 g/mol. The number of H-pyrrole nitrogens is 1. The number of ether oxygens (including phenoxy) is 1. The van der Waals surface area contributed by atoms with Crippen LogP contribution in [0.5, 0.6) is 6.01 Å². The van der Waals surface area contributed by atoms with Crippen LogP contribution in [0.3, 0.4) is 0 Å². The van der Waals surface area contributed by atoms with E-state index in [9.17, 15) is 4.79 Å². The maximum Gasteiger partial charge on any atom is 0.314 e. The van der Waals surface area contributed by atoms with Crippen molar-refractivity contribution in [1.82, 2.24) is 20.1 Å². The van der Waals surface area contributed by atoms with E-state index in [1.807, 2.05) is 42.2 Å². The number of benzene rings is 2. The fourth-order valence-electron chi connectivity index (χ4n) is 4.54. The van der Waals surface area contributed by atoms with Crippen molar-refractivity contribution in [1.29, 1.82) is 5.26 Å². The molecule has 7 nitrogen and oxygen atoms in total. The number of carbonyl (C=O) groups excluding carboxylic acids is 1. The van der Waals surface area contributed by atoms with Crippen LogP contribution in [-0.4, -0.2) is 46.2 Å². The molecule has 1 aliphatic carbocycles. The first kappa shape index (κ1) is 20.3. The van der Waals surface area contributed by atoms with Crippen molar-refractivity contribution in [3.63, 3.8) is 0 Å². The van der Waals surface area contributed by atoms with E-state index in [0.717, 1.165) is 24.0 Å². The molecule has 1 amide bonds. The zero-order chi connectivity index (χ0) is 22.2. The SMILES string of the molecule is COc1nnc(-c2cc(C(=O)N3CC(c4ccc(C#N)cc4)C3)c(C)cc2C2CCC2)[nH]1. The predicted octanol–water partition coefficient (Wildman–Crippen LogP) is 4.17. The molecule has 2 fully saturated rings. The first-order valence-corrected chi connectivity index (χ1v) is 11.0. The highest BCUT2D eigenvalue weighted by Gasteiger charge is 2.34. The normalized spacial score (nSPS) is 16.2. The topological polar surface area (TPSA) is 94.9 Å². The Bertz CT molecular complexity index is 1200. The van der Waals surface area contributed by atoms with Gasteiger partial charge in [-0.25, -0.2) is 0 Å². The fraction of sp³-hybridized carbons (Fsp3) is 0.360. The Kier molecular flexibility index (Phi) is 5.14. The van der Waals surface area contributed by atoms with Crippen LogP contribution in [0.25, 0.3) is 11.4 Å². The van der Waals surface area contributed by atoms with Gasteiger partial charge in [0.2, 0.25) is 0 Å².